The summed E-state index contributed by atoms with van der Waals surface area (Å²) >= 11 is 5.94. The lowest BCUT2D eigenvalue weighted by Crippen LogP contribution is -2.47. The number of benzene rings is 1. The first kappa shape index (κ1) is 14.0. The van der Waals surface area contributed by atoms with Crippen molar-refractivity contribution in [2.24, 2.45) is 0 Å². The number of halogens is 1. The molecule has 110 valence electrons. The lowest BCUT2D eigenvalue weighted by Gasteiger charge is -2.37. The summed E-state index contributed by atoms with van der Waals surface area (Å²) in [6.07, 6.45) is 0. The molecule has 4 nitrogen and oxygen atoms in total. The van der Waals surface area contributed by atoms with E-state index in [2.05, 4.69) is 26.9 Å². The van der Waals surface area contributed by atoms with Gasteiger partial charge in [-0.05, 0) is 43.3 Å². The minimum atomic E-state index is 0.751. The highest BCUT2D eigenvalue weighted by Crippen LogP contribution is 2.24. The summed E-state index contributed by atoms with van der Waals surface area (Å²) in [6.45, 7) is 5.74. The Morgan fingerprint density at radius 2 is 1.57 bits per heavy atom. The Balaban J connectivity index is 1.70. The van der Waals surface area contributed by atoms with Crippen LogP contribution >= 0.6 is 11.6 Å². The quantitative estimate of drug-likeness (QED) is 0.926. The van der Waals surface area contributed by atoms with Crippen LogP contribution in [0.5, 0.6) is 0 Å². The van der Waals surface area contributed by atoms with Gasteiger partial charge in [0.1, 0.15) is 0 Å². The summed E-state index contributed by atoms with van der Waals surface area (Å²) in [5.41, 5.74) is 9.01. The van der Waals surface area contributed by atoms with Gasteiger partial charge in [-0.2, -0.15) is 0 Å². The van der Waals surface area contributed by atoms with Crippen molar-refractivity contribution in [3.05, 3.63) is 47.1 Å². The minimum Gasteiger partial charge on any atom is -0.396 e. The fraction of sp³-hybridized carbons (Fsp3) is 0.312. The Kier molecular flexibility index (Phi) is 3.88. The Hall–Kier alpha value is -1.94. The molecule has 2 heterocycles. The van der Waals surface area contributed by atoms with Crippen molar-refractivity contribution in [3.63, 3.8) is 0 Å². The predicted molar refractivity (Wildman–Crippen MR) is 89.3 cm³/mol. The standard InChI is InChI=1S/C16H19ClN4/c1-12-2-7-15(18)16(19-12)21-10-8-20(9-11-21)14-5-3-13(17)4-6-14/h2-7H,8-11,18H2,1H3. The third-order valence-electron chi connectivity index (χ3n) is 3.82. The van der Waals surface area contributed by atoms with Gasteiger partial charge in [-0.1, -0.05) is 11.6 Å². The molecule has 0 aliphatic carbocycles. The maximum Gasteiger partial charge on any atom is 0.152 e. The molecule has 1 aliphatic heterocycles. The largest absolute Gasteiger partial charge is 0.396 e. The van der Waals surface area contributed by atoms with Crippen molar-refractivity contribution in [2.75, 3.05) is 41.7 Å². The van der Waals surface area contributed by atoms with Crippen LogP contribution in [0.15, 0.2) is 36.4 Å². The summed E-state index contributed by atoms with van der Waals surface area (Å²) in [5, 5.41) is 0.772. The number of rotatable bonds is 2. The van der Waals surface area contributed by atoms with Crippen LogP contribution in [0.3, 0.4) is 0 Å². The highest BCUT2D eigenvalue weighted by atomic mass is 35.5. The third-order valence-corrected chi connectivity index (χ3v) is 4.07. The molecule has 21 heavy (non-hydrogen) atoms. The number of anilines is 3. The molecule has 1 aliphatic rings. The Morgan fingerprint density at radius 3 is 2.24 bits per heavy atom. The number of nitrogens with zero attached hydrogens (tertiary/aromatic N) is 3. The zero-order chi connectivity index (χ0) is 14.8. The van der Waals surface area contributed by atoms with Crippen LogP contribution in [0.1, 0.15) is 5.69 Å². The molecule has 1 aromatic heterocycles. The number of nitrogen functional groups attached to an aromatic ring is 1. The topological polar surface area (TPSA) is 45.4 Å². The first-order valence-corrected chi connectivity index (χ1v) is 7.50. The van der Waals surface area contributed by atoms with Crippen molar-refractivity contribution in [2.45, 2.75) is 6.92 Å². The second kappa shape index (κ2) is 5.82. The molecule has 0 bridgehead atoms. The second-order valence-corrected chi connectivity index (χ2v) is 5.75. The average molecular weight is 303 g/mol. The number of hydrogen-bond acceptors (Lipinski definition) is 4. The summed E-state index contributed by atoms with van der Waals surface area (Å²) in [5.74, 6) is 0.908. The number of nitrogens with two attached hydrogens (primary N) is 1. The van der Waals surface area contributed by atoms with E-state index in [0.717, 1.165) is 48.4 Å². The molecule has 0 spiro atoms. The zero-order valence-corrected chi connectivity index (χ0v) is 12.8. The summed E-state index contributed by atoms with van der Waals surface area (Å²) in [4.78, 5) is 9.19. The maximum absolute atomic E-state index is 6.05. The number of hydrogen-bond donors (Lipinski definition) is 1. The van der Waals surface area contributed by atoms with Crippen LogP contribution in [0, 0.1) is 6.92 Å². The SMILES string of the molecule is Cc1ccc(N)c(N2CCN(c3ccc(Cl)cc3)CC2)n1. The van der Waals surface area contributed by atoms with Gasteiger partial charge < -0.3 is 15.5 Å². The summed E-state index contributed by atoms with van der Waals surface area (Å²) < 4.78 is 0. The molecule has 0 radical (unpaired) electrons. The predicted octanol–water partition coefficient (Wildman–Crippen LogP) is 2.95. The van der Waals surface area contributed by atoms with Crippen molar-refractivity contribution < 1.29 is 0 Å². The van der Waals surface area contributed by atoms with Gasteiger partial charge in [-0.15, -0.1) is 0 Å². The molecule has 1 fully saturated rings. The number of pyridine rings is 1. The van der Waals surface area contributed by atoms with Gasteiger partial charge in [0.25, 0.3) is 0 Å². The van der Waals surface area contributed by atoms with Gasteiger partial charge in [0.05, 0.1) is 5.69 Å². The normalized spacial score (nSPS) is 15.3. The fourth-order valence-corrected chi connectivity index (χ4v) is 2.76. The molecule has 2 aromatic rings. The molecule has 0 atom stereocenters. The number of aromatic nitrogens is 1. The molecule has 0 saturated carbocycles. The first-order chi connectivity index (χ1) is 10.1. The number of piperazine rings is 1. The van der Waals surface area contributed by atoms with Crippen LogP contribution in [0.4, 0.5) is 17.2 Å². The van der Waals surface area contributed by atoms with Crippen molar-refractivity contribution in [1.82, 2.24) is 4.98 Å². The van der Waals surface area contributed by atoms with Crippen LogP contribution in [0.2, 0.25) is 5.02 Å². The Bertz CT molecular complexity index is 619. The molecule has 0 unspecified atom stereocenters. The molecule has 0 amide bonds. The molecular formula is C16H19ClN4. The van der Waals surface area contributed by atoms with Crippen LogP contribution in [-0.4, -0.2) is 31.2 Å². The molecule has 3 rings (SSSR count). The van der Waals surface area contributed by atoms with Gasteiger partial charge in [-0.25, -0.2) is 4.98 Å². The Labute approximate surface area is 130 Å². The van der Waals surface area contributed by atoms with Gasteiger partial charge in [-0.3, -0.25) is 0 Å². The fourth-order valence-electron chi connectivity index (χ4n) is 2.64. The van der Waals surface area contributed by atoms with Crippen molar-refractivity contribution >= 4 is 28.8 Å². The van der Waals surface area contributed by atoms with Crippen molar-refractivity contribution in [3.8, 4) is 0 Å². The highest BCUT2D eigenvalue weighted by molar-refractivity contribution is 6.30. The maximum atomic E-state index is 6.05. The Morgan fingerprint density at radius 1 is 0.952 bits per heavy atom. The second-order valence-electron chi connectivity index (χ2n) is 5.32. The zero-order valence-electron chi connectivity index (χ0n) is 12.1. The molecule has 5 heteroatoms. The van der Waals surface area contributed by atoms with Crippen LogP contribution in [0.25, 0.3) is 0 Å². The van der Waals surface area contributed by atoms with E-state index in [0.29, 0.717) is 0 Å². The average Bonchev–Trinajstić information content (AvgIpc) is 2.51. The number of aryl methyl sites for hydroxylation is 1. The van der Waals surface area contributed by atoms with E-state index in [4.69, 9.17) is 17.3 Å². The van der Waals surface area contributed by atoms with Gasteiger partial charge in [0.15, 0.2) is 5.82 Å². The highest BCUT2D eigenvalue weighted by Gasteiger charge is 2.19. The van der Waals surface area contributed by atoms with Crippen molar-refractivity contribution in [1.29, 1.82) is 0 Å². The van der Waals surface area contributed by atoms with E-state index in [9.17, 15) is 0 Å². The van der Waals surface area contributed by atoms with E-state index < -0.39 is 0 Å². The van der Waals surface area contributed by atoms with E-state index in [1.54, 1.807) is 0 Å². The minimum absolute atomic E-state index is 0.751. The van der Waals surface area contributed by atoms with Gasteiger partial charge in [0.2, 0.25) is 0 Å². The molecular weight excluding hydrogens is 284 g/mol. The summed E-state index contributed by atoms with van der Waals surface area (Å²) in [7, 11) is 0. The van der Waals surface area contributed by atoms with Crippen LogP contribution in [-0.2, 0) is 0 Å². The third kappa shape index (κ3) is 3.05. The lowest BCUT2D eigenvalue weighted by molar-refractivity contribution is 0.647. The van der Waals surface area contributed by atoms with E-state index >= 15 is 0 Å². The first-order valence-electron chi connectivity index (χ1n) is 7.12. The van der Waals surface area contributed by atoms with Gasteiger partial charge in [0, 0.05) is 42.6 Å². The lowest BCUT2D eigenvalue weighted by atomic mass is 10.2. The molecule has 1 saturated heterocycles. The monoisotopic (exact) mass is 302 g/mol. The van der Waals surface area contributed by atoms with E-state index in [1.807, 2.05) is 31.2 Å². The van der Waals surface area contributed by atoms with E-state index in [-0.39, 0.29) is 0 Å². The smallest absolute Gasteiger partial charge is 0.152 e. The molecule has 2 N–H and O–H groups in total. The van der Waals surface area contributed by atoms with Crippen LogP contribution < -0.4 is 15.5 Å². The molecule has 1 aromatic carbocycles. The van der Waals surface area contributed by atoms with E-state index in [1.165, 1.54) is 5.69 Å². The summed E-state index contributed by atoms with van der Waals surface area (Å²) in [6, 6.07) is 11.9. The van der Waals surface area contributed by atoms with Gasteiger partial charge >= 0.3 is 0 Å².